The van der Waals surface area contributed by atoms with Gasteiger partial charge in [0.1, 0.15) is 13.2 Å². The minimum Gasteiger partial charge on any atom is -0.480 e. The average Bonchev–Trinajstić information content (AvgIpc) is 2.18. The molecule has 4 N–H and O–H groups in total. The normalized spacial score (nSPS) is 8.59. The van der Waals surface area contributed by atoms with E-state index in [4.69, 9.17) is 20.4 Å². The van der Waals surface area contributed by atoms with Gasteiger partial charge in [0.05, 0.1) is 26.4 Å². The maximum absolute atomic E-state index is 9.67. The summed E-state index contributed by atoms with van der Waals surface area (Å²) in [6, 6.07) is 0. The Kier molecular flexibility index (Phi) is 22.7. The molecule has 0 saturated heterocycles. The van der Waals surface area contributed by atoms with Gasteiger partial charge in [-0.3, -0.25) is 0 Å². The predicted octanol–water partition coefficient (Wildman–Crippen LogP) is -1.84. The van der Waals surface area contributed by atoms with Crippen molar-refractivity contribution in [1.82, 2.24) is 0 Å². The molecular weight excluding hydrogens is 289 g/mol. The minimum atomic E-state index is -1.02. The van der Waals surface area contributed by atoms with Gasteiger partial charge >= 0.3 is 11.9 Å². The van der Waals surface area contributed by atoms with Crippen molar-refractivity contribution in [2.75, 3.05) is 39.6 Å². The van der Waals surface area contributed by atoms with Crippen molar-refractivity contribution in [1.29, 1.82) is 0 Å². The van der Waals surface area contributed by atoms with E-state index in [0.717, 1.165) is 0 Å². The largest absolute Gasteiger partial charge is 0.480 e. The van der Waals surface area contributed by atoms with Crippen LogP contribution in [0.15, 0.2) is 0 Å². The third-order valence-electron chi connectivity index (χ3n) is 0.922. The van der Waals surface area contributed by atoms with E-state index in [1.54, 1.807) is 0 Å². The van der Waals surface area contributed by atoms with Gasteiger partial charge in [0.25, 0.3) is 0 Å². The molecule has 0 radical (unpaired) electrons. The molecule has 0 aliphatic heterocycles. The summed E-state index contributed by atoms with van der Waals surface area (Å²) in [6.45, 7) is -0.750. The fourth-order valence-electron chi connectivity index (χ4n) is 0.448. The fourth-order valence-corrected chi connectivity index (χ4v) is 0.448. The van der Waals surface area contributed by atoms with Crippen LogP contribution < -0.4 is 0 Å². The summed E-state index contributed by atoms with van der Waals surface area (Å²) < 4.78 is 8.79. The van der Waals surface area contributed by atoms with Gasteiger partial charge in [0.2, 0.25) is 0 Å². The SMILES string of the molecule is O=C(O)COCCO.O=C(O)COCCO.[Zn]. The van der Waals surface area contributed by atoms with E-state index >= 15 is 0 Å². The first-order valence-corrected chi connectivity index (χ1v) is 4.35. The molecule has 0 saturated carbocycles. The second-order valence-corrected chi connectivity index (χ2v) is 2.34. The van der Waals surface area contributed by atoms with E-state index < -0.39 is 11.9 Å². The third-order valence-corrected chi connectivity index (χ3v) is 0.922. The summed E-state index contributed by atoms with van der Waals surface area (Å²) in [5, 5.41) is 32.0. The molecule has 0 aromatic heterocycles. The van der Waals surface area contributed by atoms with Crippen LogP contribution in [-0.2, 0) is 38.5 Å². The Bertz CT molecular complexity index is 166. The zero-order valence-electron chi connectivity index (χ0n) is 9.37. The Labute approximate surface area is 111 Å². The van der Waals surface area contributed by atoms with Crippen molar-refractivity contribution in [3.8, 4) is 0 Å². The summed E-state index contributed by atoms with van der Waals surface area (Å²) >= 11 is 0. The van der Waals surface area contributed by atoms with Gasteiger partial charge in [-0.1, -0.05) is 0 Å². The standard InChI is InChI=1S/2C4H8O4.Zn/c2*5-1-2-8-3-4(6)7;/h2*5H,1-3H2,(H,6,7);. The molecule has 8 nitrogen and oxygen atoms in total. The van der Waals surface area contributed by atoms with Crippen molar-refractivity contribution < 1.29 is 59.0 Å². The smallest absolute Gasteiger partial charge is 0.329 e. The zero-order valence-corrected chi connectivity index (χ0v) is 12.3. The maximum Gasteiger partial charge on any atom is 0.329 e. The van der Waals surface area contributed by atoms with Gasteiger partial charge in [0, 0.05) is 19.5 Å². The molecule has 0 heterocycles. The molecule has 0 spiro atoms. The van der Waals surface area contributed by atoms with Crippen LogP contribution in [0.4, 0.5) is 0 Å². The molecule has 9 heteroatoms. The Hall–Kier alpha value is -0.597. The second-order valence-electron chi connectivity index (χ2n) is 2.34. The molecule has 98 valence electrons. The quantitative estimate of drug-likeness (QED) is 0.303. The van der Waals surface area contributed by atoms with Gasteiger partial charge < -0.3 is 29.9 Å². The zero-order chi connectivity index (χ0) is 12.8. The van der Waals surface area contributed by atoms with E-state index in [0.29, 0.717) is 0 Å². The van der Waals surface area contributed by atoms with E-state index in [9.17, 15) is 9.59 Å². The Morgan fingerprint density at radius 3 is 1.29 bits per heavy atom. The molecular formula is C8H16O8Zn. The van der Waals surface area contributed by atoms with Crippen LogP contribution in [0.2, 0.25) is 0 Å². The summed E-state index contributed by atoms with van der Waals surface area (Å²) in [4.78, 5) is 19.3. The second kappa shape index (κ2) is 17.8. The van der Waals surface area contributed by atoms with E-state index in [2.05, 4.69) is 9.47 Å². The number of hydrogen-bond donors (Lipinski definition) is 4. The number of aliphatic carboxylic acids is 2. The molecule has 0 amide bonds. The summed E-state index contributed by atoms with van der Waals surface area (Å²) in [5.74, 6) is -2.03. The van der Waals surface area contributed by atoms with E-state index in [1.807, 2.05) is 0 Å². The van der Waals surface area contributed by atoms with E-state index in [-0.39, 0.29) is 59.1 Å². The molecule has 0 unspecified atom stereocenters. The van der Waals surface area contributed by atoms with Gasteiger partial charge in [0.15, 0.2) is 0 Å². The number of carbonyl (C=O) groups is 2. The van der Waals surface area contributed by atoms with Crippen molar-refractivity contribution in [2.24, 2.45) is 0 Å². The van der Waals surface area contributed by atoms with Crippen molar-refractivity contribution in [2.45, 2.75) is 0 Å². The summed E-state index contributed by atoms with van der Waals surface area (Å²) in [5.41, 5.74) is 0. The first-order valence-electron chi connectivity index (χ1n) is 4.35. The van der Waals surface area contributed by atoms with Crippen LogP contribution >= 0.6 is 0 Å². The Morgan fingerprint density at radius 2 is 1.12 bits per heavy atom. The van der Waals surface area contributed by atoms with Crippen molar-refractivity contribution in [3.63, 3.8) is 0 Å². The number of carboxylic acids is 2. The molecule has 0 atom stereocenters. The van der Waals surface area contributed by atoms with E-state index in [1.165, 1.54) is 0 Å². The summed E-state index contributed by atoms with van der Waals surface area (Å²) in [6.07, 6.45) is 0. The number of ether oxygens (including phenoxy) is 2. The average molecular weight is 306 g/mol. The van der Waals surface area contributed by atoms with Crippen LogP contribution in [0.1, 0.15) is 0 Å². The van der Waals surface area contributed by atoms with Gasteiger partial charge in [-0.2, -0.15) is 0 Å². The third kappa shape index (κ3) is 31.3. The maximum atomic E-state index is 9.67. The molecule has 0 bridgehead atoms. The van der Waals surface area contributed by atoms with Crippen molar-refractivity contribution in [3.05, 3.63) is 0 Å². The van der Waals surface area contributed by atoms with Gasteiger partial charge in [-0.05, 0) is 0 Å². The molecule has 0 aliphatic carbocycles. The summed E-state index contributed by atoms with van der Waals surface area (Å²) in [7, 11) is 0. The topological polar surface area (TPSA) is 134 Å². The molecule has 0 aromatic rings. The number of carboxylic acid groups (broad SMARTS) is 2. The van der Waals surface area contributed by atoms with Crippen LogP contribution in [0.3, 0.4) is 0 Å². The molecule has 0 rings (SSSR count). The van der Waals surface area contributed by atoms with Crippen LogP contribution in [0.25, 0.3) is 0 Å². The monoisotopic (exact) mass is 304 g/mol. The number of aliphatic hydroxyl groups excluding tert-OH is 2. The first-order chi connectivity index (χ1) is 7.54. The Balaban J connectivity index is -0.000000218. The van der Waals surface area contributed by atoms with Crippen molar-refractivity contribution >= 4 is 11.9 Å². The van der Waals surface area contributed by atoms with Crippen LogP contribution in [-0.4, -0.2) is 72.0 Å². The van der Waals surface area contributed by atoms with Gasteiger partial charge in [-0.25, -0.2) is 9.59 Å². The van der Waals surface area contributed by atoms with Crippen LogP contribution in [0, 0.1) is 0 Å². The number of hydrogen-bond acceptors (Lipinski definition) is 6. The number of aliphatic hydroxyl groups is 2. The fraction of sp³-hybridized carbons (Fsp3) is 0.750. The molecule has 17 heavy (non-hydrogen) atoms. The minimum absolute atomic E-state index is 0. The van der Waals surface area contributed by atoms with Crippen LogP contribution in [0.5, 0.6) is 0 Å². The predicted molar refractivity (Wildman–Crippen MR) is 51.1 cm³/mol. The van der Waals surface area contributed by atoms with Gasteiger partial charge in [-0.15, -0.1) is 0 Å². The Morgan fingerprint density at radius 1 is 0.824 bits per heavy atom. The molecule has 0 aromatic carbocycles. The molecule has 0 fully saturated rings. The molecule has 0 aliphatic rings. The first kappa shape index (κ1) is 21.7. The number of rotatable bonds is 8.